The van der Waals surface area contributed by atoms with Gasteiger partial charge in [-0.3, -0.25) is 19.3 Å². The molecule has 2 saturated heterocycles. The lowest BCUT2D eigenvalue weighted by atomic mass is 9.94. The van der Waals surface area contributed by atoms with Crippen molar-refractivity contribution in [2.75, 3.05) is 24.5 Å². The molecule has 2 aliphatic heterocycles. The van der Waals surface area contributed by atoms with E-state index in [0.29, 0.717) is 53.8 Å². The first-order chi connectivity index (χ1) is 15.9. The molecule has 2 aliphatic rings. The molecule has 0 bridgehead atoms. The number of thioether (sulfide) groups is 1. The first kappa shape index (κ1) is 23.3. The van der Waals surface area contributed by atoms with Crippen LogP contribution in [-0.2, 0) is 16.1 Å². The molecule has 172 valence electrons. The lowest BCUT2D eigenvalue weighted by molar-refractivity contribution is -0.122. The number of aromatic nitrogens is 1. The topological polar surface area (TPSA) is 88.6 Å². The monoisotopic (exact) mass is 482 g/mol. The number of benzene rings is 1. The maximum Gasteiger partial charge on any atom is 0.266 e. The summed E-state index contributed by atoms with van der Waals surface area (Å²) in [5.74, 6) is -0.673. The van der Waals surface area contributed by atoms with Crippen LogP contribution in [0.15, 0.2) is 46.6 Å². The molecule has 1 aromatic heterocycles. The summed E-state index contributed by atoms with van der Waals surface area (Å²) in [6.45, 7) is 7.65. The standard InChI is InChI=1S/C24H26N4O3S2/c1-3-11-28-23(31)19(33-24(28)32)14-17-20(26-12-9-15(10-13-26)21(25)29)16-7-5-6-8-18(16)27(4-2)22(17)30/h3,5-8,14-15H,1,4,9-13H2,2H3,(H2,25,29). The van der Waals surface area contributed by atoms with E-state index in [1.165, 1.54) is 16.7 Å². The summed E-state index contributed by atoms with van der Waals surface area (Å²) >= 11 is 6.57. The number of pyridine rings is 1. The van der Waals surface area contributed by atoms with Crippen molar-refractivity contribution in [1.29, 1.82) is 0 Å². The Balaban J connectivity index is 1.89. The number of piperidine rings is 1. The molecular formula is C24H26N4O3S2. The van der Waals surface area contributed by atoms with Gasteiger partial charge in [0.2, 0.25) is 5.91 Å². The van der Waals surface area contributed by atoms with Crippen LogP contribution >= 0.6 is 24.0 Å². The maximum absolute atomic E-state index is 13.7. The molecule has 3 heterocycles. The summed E-state index contributed by atoms with van der Waals surface area (Å²) < 4.78 is 2.18. The van der Waals surface area contributed by atoms with Crippen molar-refractivity contribution in [1.82, 2.24) is 9.47 Å². The number of primary amides is 1. The van der Waals surface area contributed by atoms with E-state index in [4.69, 9.17) is 18.0 Å². The van der Waals surface area contributed by atoms with Gasteiger partial charge in [-0.25, -0.2) is 0 Å². The third kappa shape index (κ3) is 4.22. The predicted octanol–water partition coefficient (Wildman–Crippen LogP) is 3.11. The lowest BCUT2D eigenvalue weighted by Crippen LogP contribution is -2.40. The Kier molecular flexibility index (Phi) is 6.71. The number of fused-ring (bicyclic) bond motifs is 1. The van der Waals surface area contributed by atoms with Gasteiger partial charge in [-0.05, 0) is 31.9 Å². The number of hydrogen-bond donors (Lipinski definition) is 1. The van der Waals surface area contributed by atoms with Gasteiger partial charge in [0.15, 0.2) is 0 Å². The highest BCUT2D eigenvalue weighted by Gasteiger charge is 2.33. The SMILES string of the molecule is C=CCN1C(=O)C(=Cc2c(N3CCC(C(N)=O)CC3)c3ccccc3n(CC)c2=O)SC1=S. The van der Waals surface area contributed by atoms with Gasteiger partial charge >= 0.3 is 0 Å². The van der Waals surface area contributed by atoms with Crippen LogP contribution in [0.5, 0.6) is 0 Å². The van der Waals surface area contributed by atoms with Crippen LogP contribution in [0.4, 0.5) is 5.69 Å². The number of nitrogens with two attached hydrogens (primary N) is 1. The van der Waals surface area contributed by atoms with Gasteiger partial charge in [-0.15, -0.1) is 6.58 Å². The number of aryl methyl sites for hydroxylation is 1. The van der Waals surface area contributed by atoms with Crippen molar-refractivity contribution < 1.29 is 9.59 Å². The Hall–Kier alpha value is -2.91. The van der Waals surface area contributed by atoms with E-state index >= 15 is 0 Å². The lowest BCUT2D eigenvalue weighted by Gasteiger charge is -2.34. The fraction of sp³-hybridized carbons (Fsp3) is 0.333. The number of nitrogens with zero attached hydrogens (tertiary/aromatic N) is 3. The zero-order valence-electron chi connectivity index (χ0n) is 18.5. The molecule has 7 nitrogen and oxygen atoms in total. The molecule has 0 saturated carbocycles. The highest BCUT2D eigenvalue weighted by atomic mass is 32.2. The third-order valence-corrected chi connectivity index (χ3v) is 7.55. The Morgan fingerprint density at radius 1 is 1.27 bits per heavy atom. The minimum Gasteiger partial charge on any atom is -0.370 e. The van der Waals surface area contributed by atoms with Gasteiger partial charge in [-0.1, -0.05) is 48.3 Å². The zero-order chi connectivity index (χ0) is 23.7. The van der Waals surface area contributed by atoms with Crippen molar-refractivity contribution in [3.63, 3.8) is 0 Å². The Morgan fingerprint density at radius 2 is 1.97 bits per heavy atom. The van der Waals surface area contributed by atoms with Gasteiger partial charge in [-0.2, -0.15) is 0 Å². The molecule has 2 amide bonds. The second kappa shape index (κ2) is 9.52. The molecule has 2 fully saturated rings. The van der Waals surface area contributed by atoms with Crippen molar-refractivity contribution >= 4 is 62.8 Å². The van der Waals surface area contributed by atoms with Crippen LogP contribution in [-0.4, -0.2) is 45.2 Å². The van der Waals surface area contributed by atoms with Crippen molar-refractivity contribution in [3.05, 3.63) is 57.7 Å². The first-order valence-electron chi connectivity index (χ1n) is 10.9. The van der Waals surface area contributed by atoms with Gasteiger partial charge in [0, 0.05) is 37.5 Å². The van der Waals surface area contributed by atoms with Crippen LogP contribution in [0.25, 0.3) is 17.0 Å². The second-order valence-electron chi connectivity index (χ2n) is 8.07. The molecule has 9 heteroatoms. The van der Waals surface area contributed by atoms with Crippen LogP contribution in [0, 0.1) is 5.92 Å². The summed E-state index contributed by atoms with van der Waals surface area (Å²) in [6, 6.07) is 7.79. The summed E-state index contributed by atoms with van der Waals surface area (Å²) in [5, 5.41) is 0.935. The van der Waals surface area contributed by atoms with Crippen LogP contribution in [0.3, 0.4) is 0 Å². The van der Waals surface area contributed by atoms with E-state index < -0.39 is 0 Å². The normalized spacial score (nSPS) is 18.5. The number of para-hydroxylation sites is 1. The highest BCUT2D eigenvalue weighted by Crippen LogP contribution is 2.37. The summed E-state index contributed by atoms with van der Waals surface area (Å²) in [5.41, 5.74) is 7.46. The van der Waals surface area contributed by atoms with E-state index in [-0.39, 0.29) is 23.3 Å². The van der Waals surface area contributed by atoms with E-state index in [1.54, 1.807) is 16.7 Å². The van der Waals surface area contributed by atoms with E-state index in [2.05, 4.69) is 11.5 Å². The smallest absolute Gasteiger partial charge is 0.266 e. The summed E-state index contributed by atoms with van der Waals surface area (Å²) in [4.78, 5) is 42.4. The van der Waals surface area contributed by atoms with Gasteiger partial charge < -0.3 is 15.2 Å². The molecule has 1 aromatic carbocycles. The quantitative estimate of drug-likeness (QED) is 0.387. The number of carbonyl (C=O) groups excluding carboxylic acids is 2. The molecule has 0 spiro atoms. The summed E-state index contributed by atoms with van der Waals surface area (Å²) in [6.07, 6.45) is 4.56. The Morgan fingerprint density at radius 3 is 2.61 bits per heavy atom. The molecular weight excluding hydrogens is 456 g/mol. The molecule has 0 aliphatic carbocycles. The maximum atomic E-state index is 13.7. The molecule has 2 N–H and O–H groups in total. The minimum absolute atomic E-state index is 0.155. The number of rotatable bonds is 6. The number of hydrogen-bond acceptors (Lipinski definition) is 6. The number of anilines is 1. The van der Waals surface area contributed by atoms with E-state index in [9.17, 15) is 14.4 Å². The predicted molar refractivity (Wildman–Crippen MR) is 138 cm³/mol. The van der Waals surface area contributed by atoms with Gasteiger partial charge in [0.1, 0.15) is 4.32 Å². The molecule has 0 radical (unpaired) electrons. The summed E-state index contributed by atoms with van der Waals surface area (Å²) in [7, 11) is 0. The molecule has 4 rings (SSSR count). The van der Waals surface area contributed by atoms with E-state index in [0.717, 1.165) is 16.6 Å². The molecule has 2 aromatic rings. The van der Waals surface area contributed by atoms with Crippen LogP contribution in [0.2, 0.25) is 0 Å². The van der Waals surface area contributed by atoms with Crippen LogP contribution in [0.1, 0.15) is 25.3 Å². The average molecular weight is 483 g/mol. The minimum atomic E-state index is -0.285. The largest absolute Gasteiger partial charge is 0.370 e. The molecule has 0 atom stereocenters. The fourth-order valence-corrected chi connectivity index (χ4v) is 5.76. The molecule has 0 unspecified atom stereocenters. The van der Waals surface area contributed by atoms with Gasteiger partial charge in [0.05, 0.1) is 21.7 Å². The first-order valence-corrected chi connectivity index (χ1v) is 12.2. The number of amides is 2. The van der Waals surface area contributed by atoms with Crippen molar-refractivity contribution in [2.24, 2.45) is 11.7 Å². The average Bonchev–Trinajstić information content (AvgIpc) is 3.07. The Bertz CT molecular complexity index is 1240. The zero-order valence-corrected chi connectivity index (χ0v) is 20.1. The highest BCUT2D eigenvalue weighted by molar-refractivity contribution is 8.26. The van der Waals surface area contributed by atoms with Crippen LogP contribution < -0.4 is 16.2 Å². The number of carbonyl (C=O) groups is 2. The third-order valence-electron chi connectivity index (χ3n) is 6.17. The molecule has 33 heavy (non-hydrogen) atoms. The van der Waals surface area contributed by atoms with Crippen molar-refractivity contribution in [3.8, 4) is 0 Å². The van der Waals surface area contributed by atoms with Gasteiger partial charge in [0.25, 0.3) is 11.5 Å². The Labute approximate surface area is 201 Å². The second-order valence-corrected chi connectivity index (χ2v) is 9.75. The van der Waals surface area contributed by atoms with Crippen molar-refractivity contribution in [2.45, 2.75) is 26.3 Å². The number of thiocarbonyl (C=S) groups is 1. The van der Waals surface area contributed by atoms with E-state index in [1.807, 2.05) is 31.2 Å². The fourth-order valence-electron chi connectivity index (χ4n) is 4.50.